The molecule has 4 nitrogen and oxygen atoms in total. The molecular formula is C25H26ClN3O. The third kappa shape index (κ3) is 4.66. The monoisotopic (exact) mass is 419 g/mol. The highest BCUT2D eigenvalue weighted by Crippen LogP contribution is 2.31. The number of likely N-dealkylation sites (N-methyl/N-ethyl adjacent to an activating group) is 1. The maximum atomic E-state index is 13.3. The molecule has 1 N–H and O–H groups in total. The fourth-order valence-corrected chi connectivity index (χ4v) is 4.19. The van der Waals surface area contributed by atoms with Crippen molar-refractivity contribution in [3.05, 3.63) is 95.0 Å². The molecule has 154 valence electrons. The van der Waals surface area contributed by atoms with E-state index < -0.39 is 0 Å². The van der Waals surface area contributed by atoms with E-state index in [1.807, 2.05) is 78.9 Å². The zero-order valence-electron chi connectivity index (χ0n) is 17.1. The Hall–Kier alpha value is -2.82. The molecule has 1 fully saturated rings. The molecule has 0 aliphatic carbocycles. The summed E-state index contributed by atoms with van der Waals surface area (Å²) in [5, 5.41) is 3.73. The zero-order valence-corrected chi connectivity index (χ0v) is 17.8. The Bertz CT molecular complexity index is 946. The summed E-state index contributed by atoms with van der Waals surface area (Å²) in [5.41, 5.74) is 3.65. The molecule has 3 aromatic carbocycles. The van der Waals surface area contributed by atoms with Crippen molar-refractivity contribution in [2.45, 2.75) is 5.92 Å². The lowest BCUT2D eigenvalue weighted by Crippen LogP contribution is -2.44. The second-order valence-corrected chi connectivity index (χ2v) is 8.11. The molecule has 4 rings (SSSR count). The average molecular weight is 420 g/mol. The number of nitrogens with zero attached hydrogens (tertiary/aromatic N) is 2. The number of benzene rings is 3. The van der Waals surface area contributed by atoms with Crippen LogP contribution in [0.15, 0.2) is 78.9 Å². The molecule has 1 amide bonds. The summed E-state index contributed by atoms with van der Waals surface area (Å²) in [6, 6.07) is 25.5. The molecule has 0 spiro atoms. The molecule has 0 aromatic heterocycles. The Labute approximate surface area is 183 Å². The lowest BCUT2D eigenvalue weighted by atomic mass is 9.90. The van der Waals surface area contributed by atoms with E-state index in [-0.39, 0.29) is 11.8 Å². The van der Waals surface area contributed by atoms with Gasteiger partial charge in [0.15, 0.2) is 0 Å². The molecule has 0 unspecified atom stereocenters. The average Bonchev–Trinajstić information content (AvgIpc) is 2.76. The Morgan fingerprint density at radius 2 is 1.43 bits per heavy atom. The first-order valence-corrected chi connectivity index (χ1v) is 10.6. The SMILES string of the molecule is CN1CCN(c2ccc(NC(=O)C(c3ccccc3)c3ccccc3)cc2Cl)CC1. The number of carbonyl (C=O) groups excluding carboxylic acids is 1. The molecule has 1 aliphatic rings. The van der Waals surface area contributed by atoms with Gasteiger partial charge >= 0.3 is 0 Å². The molecule has 0 bridgehead atoms. The summed E-state index contributed by atoms with van der Waals surface area (Å²) < 4.78 is 0. The van der Waals surface area contributed by atoms with Gasteiger partial charge in [0.25, 0.3) is 0 Å². The first kappa shape index (κ1) is 20.5. The van der Waals surface area contributed by atoms with Gasteiger partial charge in [-0.3, -0.25) is 4.79 Å². The number of piperazine rings is 1. The van der Waals surface area contributed by atoms with Crippen molar-refractivity contribution in [3.63, 3.8) is 0 Å². The molecule has 0 atom stereocenters. The minimum absolute atomic E-state index is 0.0733. The van der Waals surface area contributed by atoms with Crippen LogP contribution in [0.4, 0.5) is 11.4 Å². The van der Waals surface area contributed by atoms with Gasteiger partial charge in [0.1, 0.15) is 0 Å². The predicted molar refractivity (Wildman–Crippen MR) is 125 cm³/mol. The van der Waals surface area contributed by atoms with Crippen LogP contribution in [0.25, 0.3) is 0 Å². The first-order valence-electron chi connectivity index (χ1n) is 10.3. The van der Waals surface area contributed by atoms with Crippen molar-refractivity contribution < 1.29 is 4.79 Å². The maximum absolute atomic E-state index is 13.3. The van der Waals surface area contributed by atoms with Gasteiger partial charge in [0, 0.05) is 31.9 Å². The van der Waals surface area contributed by atoms with E-state index in [2.05, 4.69) is 22.2 Å². The van der Waals surface area contributed by atoms with Gasteiger partial charge in [-0.05, 0) is 36.4 Å². The van der Waals surface area contributed by atoms with Gasteiger partial charge in [0.05, 0.1) is 16.6 Å². The van der Waals surface area contributed by atoms with Crippen LogP contribution >= 0.6 is 11.6 Å². The molecule has 1 heterocycles. The number of hydrogen-bond acceptors (Lipinski definition) is 3. The van der Waals surface area contributed by atoms with Crippen LogP contribution in [0, 0.1) is 0 Å². The van der Waals surface area contributed by atoms with Gasteiger partial charge < -0.3 is 15.1 Å². The summed E-state index contributed by atoms with van der Waals surface area (Å²) in [5.74, 6) is -0.459. The summed E-state index contributed by atoms with van der Waals surface area (Å²) in [4.78, 5) is 17.9. The quantitative estimate of drug-likeness (QED) is 0.641. The lowest BCUT2D eigenvalue weighted by molar-refractivity contribution is -0.116. The summed E-state index contributed by atoms with van der Waals surface area (Å²) in [6.07, 6.45) is 0. The van der Waals surface area contributed by atoms with Crippen LogP contribution in [-0.2, 0) is 4.79 Å². The second kappa shape index (κ2) is 9.33. The van der Waals surface area contributed by atoms with E-state index in [1.165, 1.54) is 0 Å². The molecule has 1 saturated heterocycles. The first-order chi connectivity index (χ1) is 14.6. The fourth-order valence-electron chi connectivity index (χ4n) is 3.89. The Balaban J connectivity index is 1.55. The lowest BCUT2D eigenvalue weighted by Gasteiger charge is -2.34. The summed E-state index contributed by atoms with van der Waals surface area (Å²) in [7, 11) is 2.13. The van der Waals surface area contributed by atoms with Gasteiger partial charge in [-0.25, -0.2) is 0 Å². The molecule has 0 radical (unpaired) electrons. The highest BCUT2D eigenvalue weighted by atomic mass is 35.5. The smallest absolute Gasteiger partial charge is 0.236 e. The third-order valence-electron chi connectivity index (χ3n) is 5.59. The van der Waals surface area contributed by atoms with E-state index in [4.69, 9.17) is 11.6 Å². The van der Waals surface area contributed by atoms with Crippen molar-refractivity contribution in [2.24, 2.45) is 0 Å². The highest BCUT2D eigenvalue weighted by molar-refractivity contribution is 6.33. The molecule has 30 heavy (non-hydrogen) atoms. The van der Waals surface area contributed by atoms with Crippen LogP contribution in [0.2, 0.25) is 5.02 Å². The number of carbonyl (C=O) groups is 1. The van der Waals surface area contributed by atoms with E-state index in [0.717, 1.165) is 43.0 Å². The number of amides is 1. The van der Waals surface area contributed by atoms with Gasteiger partial charge in [-0.2, -0.15) is 0 Å². The van der Waals surface area contributed by atoms with E-state index in [1.54, 1.807) is 0 Å². The maximum Gasteiger partial charge on any atom is 0.236 e. The molecule has 3 aromatic rings. The van der Waals surface area contributed by atoms with E-state index in [9.17, 15) is 4.79 Å². The third-order valence-corrected chi connectivity index (χ3v) is 5.89. The van der Waals surface area contributed by atoms with Crippen molar-refractivity contribution in [1.29, 1.82) is 0 Å². The van der Waals surface area contributed by atoms with Crippen molar-refractivity contribution in [3.8, 4) is 0 Å². The van der Waals surface area contributed by atoms with Crippen LogP contribution in [-0.4, -0.2) is 44.0 Å². The molecular weight excluding hydrogens is 394 g/mol. The van der Waals surface area contributed by atoms with Crippen LogP contribution < -0.4 is 10.2 Å². The molecule has 1 aliphatic heterocycles. The van der Waals surface area contributed by atoms with Crippen LogP contribution in [0.5, 0.6) is 0 Å². The van der Waals surface area contributed by atoms with E-state index >= 15 is 0 Å². The predicted octanol–water partition coefficient (Wildman–Crippen LogP) is 4.86. The standard InChI is InChI=1S/C25H26ClN3O/c1-28-14-16-29(17-15-28)23-13-12-21(18-22(23)26)27-25(30)24(19-8-4-2-5-9-19)20-10-6-3-7-11-20/h2-13,18,24H,14-17H2,1H3,(H,27,30). The van der Waals surface area contributed by atoms with Crippen molar-refractivity contribution in [1.82, 2.24) is 4.90 Å². The summed E-state index contributed by atoms with van der Waals surface area (Å²) in [6.45, 7) is 3.94. The second-order valence-electron chi connectivity index (χ2n) is 7.70. The number of hydrogen-bond donors (Lipinski definition) is 1. The highest BCUT2D eigenvalue weighted by Gasteiger charge is 2.23. The van der Waals surface area contributed by atoms with Crippen molar-refractivity contribution >= 4 is 28.9 Å². The Morgan fingerprint density at radius 3 is 1.97 bits per heavy atom. The largest absolute Gasteiger partial charge is 0.368 e. The van der Waals surface area contributed by atoms with Gasteiger partial charge in [-0.15, -0.1) is 0 Å². The van der Waals surface area contributed by atoms with E-state index in [0.29, 0.717) is 10.7 Å². The zero-order chi connectivity index (χ0) is 20.9. The number of halogens is 1. The normalized spacial score (nSPS) is 14.7. The molecule has 5 heteroatoms. The number of rotatable bonds is 5. The number of anilines is 2. The minimum Gasteiger partial charge on any atom is -0.368 e. The van der Waals surface area contributed by atoms with Crippen LogP contribution in [0.3, 0.4) is 0 Å². The number of nitrogens with one attached hydrogen (secondary N) is 1. The minimum atomic E-state index is -0.386. The Kier molecular flexibility index (Phi) is 6.36. The topological polar surface area (TPSA) is 35.6 Å². The molecule has 0 saturated carbocycles. The Morgan fingerprint density at radius 1 is 0.867 bits per heavy atom. The summed E-state index contributed by atoms with van der Waals surface area (Å²) >= 11 is 6.59. The fraction of sp³-hybridized carbons (Fsp3) is 0.240. The van der Waals surface area contributed by atoms with Crippen LogP contribution in [0.1, 0.15) is 17.0 Å². The van der Waals surface area contributed by atoms with Crippen molar-refractivity contribution in [2.75, 3.05) is 43.4 Å². The van der Waals surface area contributed by atoms with Gasteiger partial charge in [0.2, 0.25) is 5.91 Å². The van der Waals surface area contributed by atoms with Gasteiger partial charge in [-0.1, -0.05) is 72.3 Å².